The van der Waals surface area contributed by atoms with Crippen LogP contribution in [0.25, 0.3) is 0 Å². The Bertz CT molecular complexity index is 798. The highest BCUT2D eigenvalue weighted by Gasteiger charge is 2.13. The van der Waals surface area contributed by atoms with E-state index in [0.29, 0.717) is 12.1 Å². The number of aromatic carboxylic acids is 1. The average molecular weight is 325 g/mol. The highest BCUT2D eigenvalue weighted by Crippen LogP contribution is 2.25. The molecule has 5 nitrogen and oxygen atoms in total. The topological polar surface area (TPSA) is 75.6 Å². The number of ether oxygens (including phenoxy) is 1. The maximum atomic E-state index is 12.2. The number of aryl methyl sites for hydroxylation is 1. The molecule has 0 unspecified atom stereocenters. The summed E-state index contributed by atoms with van der Waals surface area (Å²) in [5.74, 6) is -0.345. The molecule has 1 heterocycles. The molecule has 0 saturated carbocycles. The van der Waals surface area contributed by atoms with Crippen molar-refractivity contribution in [3.05, 3.63) is 64.2 Å². The van der Waals surface area contributed by atoms with E-state index in [2.05, 4.69) is 11.4 Å². The van der Waals surface area contributed by atoms with Crippen molar-refractivity contribution in [2.24, 2.45) is 0 Å². The molecule has 124 valence electrons. The fraction of sp³-hybridized carbons (Fsp3) is 0.263. The van der Waals surface area contributed by atoms with Gasteiger partial charge in [-0.2, -0.15) is 0 Å². The van der Waals surface area contributed by atoms with E-state index in [0.717, 1.165) is 36.3 Å². The second kappa shape index (κ2) is 6.74. The van der Waals surface area contributed by atoms with Gasteiger partial charge in [-0.1, -0.05) is 12.1 Å². The summed E-state index contributed by atoms with van der Waals surface area (Å²) < 4.78 is 5.48. The van der Waals surface area contributed by atoms with Gasteiger partial charge in [0.25, 0.3) is 5.91 Å². The quantitative estimate of drug-likeness (QED) is 0.886. The minimum Gasteiger partial charge on any atom is -0.493 e. The summed E-state index contributed by atoms with van der Waals surface area (Å²) in [6, 6.07) is 10.7. The number of carbonyl (C=O) groups excluding carboxylic acids is 1. The SMILES string of the molecule is Cc1cc(C(=O)O)cc(C(=O)NCCc2ccc3c(c2)CCO3)c1. The minimum atomic E-state index is -1.03. The molecule has 3 rings (SSSR count). The lowest BCUT2D eigenvalue weighted by Gasteiger charge is -2.08. The van der Waals surface area contributed by atoms with Crippen molar-refractivity contribution in [3.63, 3.8) is 0 Å². The predicted octanol–water partition coefficient (Wildman–Crippen LogP) is 2.60. The largest absolute Gasteiger partial charge is 0.493 e. The molecule has 0 bridgehead atoms. The van der Waals surface area contributed by atoms with Gasteiger partial charge in [0, 0.05) is 18.5 Å². The van der Waals surface area contributed by atoms with Gasteiger partial charge in [-0.05, 0) is 54.3 Å². The summed E-state index contributed by atoms with van der Waals surface area (Å²) in [4.78, 5) is 23.3. The maximum Gasteiger partial charge on any atom is 0.335 e. The molecule has 0 spiro atoms. The third kappa shape index (κ3) is 3.56. The van der Waals surface area contributed by atoms with Gasteiger partial charge >= 0.3 is 5.97 Å². The van der Waals surface area contributed by atoms with E-state index in [1.165, 1.54) is 11.6 Å². The van der Waals surface area contributed by atoms with Crippen LogP contribution < -0.4 is 10.1 Å². The minimum absolute atomic E-state index is 0.124. The van der Waals surface area contributed by atoms with Crippen LogP contribution in [0, 0.1) is 6.92 Å². The van der Waals surface area contributed by atoms with E-state index in [1.54, 1.807) is 19.1 Å². The number of hydrogen-bond acceptors (Lipinski definition) is 3. The van der Waals surface area contributed by atoms with Gasteiger partial charge in [0.1, 0.15) is 5.75 Å². The first-order valence-corrected chi connectivity index (χ1v) is 7.91. The highest BCUT2D eigenvalue weighted by molar-refractivity contribution is 5.97. The van der Waals surface area contributed by atoms with Crippen molar-refractivity contribution in [3.8, 4) is 5.75 Å². The third-order valence-electron chi connectivity index (χ3n) is 4.04. The Morgan fingerprint density at radius 3 is 2.75 bits per heavy atom. The molecule has 1 amide bonds. The van der Waals surface area contributed by atoms with Crippen LogP contribution in [0.2, 0.25) is 0 Å². The lowest BCUT2D eigenvalue weighted by atomic mass is 10.1. The van der Waals surface area contributed by atoms with Crippen LogP contribution in [0.15, 0.2) is 36.4 Å². The molecular weight excluding hydrogens is 306 g/mol. The van der Waals surface area contributed by atoms with Crippen molar-refractivity contribution < 1.29 is 19.4 Å². The zero-order valence-corrected chi connectivity index (χ0v) is 13.5. The van der Waals surface area contributed by atoms with Crippen molar-refractivity contribution in [1.82, 2.24) is 5.32 Å². The second-order valence-electron chi connectivity index (χ2n) is 5.94. The average Bonchev–Trinajstić information content (AvgIpc) is 3.01. The number of hydrogen-bond donors (Lipinski definition) is 2. The van der Waals surface area contributed by atoms with Gasteiger partial charge in [0.2, 0.25) is 0 Å². The van der Waals surface area contributed by atoms with Crippen LogP contribution in [0.5, 0.6) is 5.75 Å². The van der Waals surface area contributed by atoms with E-state index >= 15 is 0 Å². The lowest BCUT2D eigenvalue weighted by molar-refractivity contribution is 0.0696. The van der Waals surface area contributed by atoms with Crippen molar-refractivity contribution in [1.29, 1.82) is 0 Å². The number of carboxylic acids is 1. The normalized spacial score (nSPS) is 12.4. The Morgan fingerprint density at radius 2 is 1.96 bits per heavy atom. The van der Waals surface area contributed by atoms with Gasteiger partial charge in [-0.15, -0.1) is 0 Å². The molecular formula is C19H19NO4. The molecule has 0 atom stereocenters. The summed E-state index contributed by atoms with van der Waals surface area (Å²) >= 11 is 0. The Morgan fingerprint density at radius 1 is 1.17 bits per heavy atom. The van der Waals surface area contributed by atoms with Gasteiger partial charge in [0.15, 0.2) is 0 Å². The van der Waals surface area contributed by atoms with E-state index in [4.69, 9.17) is 9.84 Å². The summed E-state index contributed by atoms with van der Waals surface area (Å²) in [6.07, 6.45) is 1.65. The van der Waals surface area contributed by atoms with Crippen LogP contribution in [0.3, 0.4) is 0 Å². The number of carbonyl (C=O) groups is 2. The summed E-state index contributed by atoms with van der Waals surface area (Å²) in [5.41, 5.74) is 3.60. The number of carboxylic acid groups (broad SMARTS) is 1. The van der Waals surface area contributed by atoms with Crippen LogP contribution in [0.4, 0.5) is 0 Å². The van der Waals surface area contributed by atoms with Crippen LogP contribution in [-0.4, -0.2) is 30.1 Å². The highest BCUT2D eigenvalue weighted by atomic mass is 16.5. The number of nitrogens with one attached hydrogen (secondary N) is 1. The van der Waals surface area contributed by atoms with Gasteiger partial charge in [-0.3, -0.25) is 4.79 Å². The standard InChI is InChI=1S/C19H19NO4/c1-12-8-15(11-16(9-12)19(22)23)18(21)20-6-4-13-2-3-17-14(10-13)5-7-24-17/h2-3,8-11H,4-7H2,1H3,(H,20,21)(H,22,23). The van der Waals surface area contributed by atoms with Crippen LogP contribution in [-0.2, 0) is 12.8 Å². The number of fused-ring (bicyclic) bond motifs is 1. The van der Waals surface area contributed by atoms with Gasteiger partial charge in [0.05, 0.1) is 12.2 Å². The molecule has 0 saturated heterocycles. The molecule has 1 aliphatic heterocycles. The number of amides is 1. The van der Waals surface area contributed by atoms with Crippen molar-refractivity contribution in [2.45, 2.75) is 19.8 Å². The Balaban J connectivity index is 1.60. The fourth-order valence-electron chi connectivity index (χ4n) is 2.86. The third-order valence-corrected chi connectivity index (χ3v) is 4.04. The van der Waals surface area contributed by atoms with E-state index in [1.807, 2.05) is 12.1 Å². The van der Waals surface area contributed by atoms with Crippen molar-refractivity contribution >= 4 is 11.9 Å². The monoisotopic (exact) mass is 325 g/mol. The first-order chi connectivity index (χ1) is 11.5. The smallest absolute Gasteiger partial charge is 0.335 e. The Kier molecular flexibility index (Phi) is 4.51. The number of benzene rings is 2. The van der Waals surface area contributed by atoms with E-state index in [9.17, 15) is 9.59 Å². The zero-order chi connectivity index (χ0) is 17.1. The summed E-state index contributed by atoms with van der Waals surface area (Å²) in [7, 11) is 0. The van der Waals surface area contributed by atoms with Crippen molar-refractivity contribution in [2.75, 3.05) is 13.2 Å². The van der Waals surface area contributed by atoms with Gasteiger partial charge in [-0.25, -0.2) is 4.79 Å². The molecule has 5 heteroatoms. The van der Waals surface area contributed by atoms with Crippen LogP contribution >= 0.6 is 0 Å². The molecule has 2 aromatic carbocycles. The maximum absolute atomic E-state index is 12.2. The summed E-state index contributed by atoms with van der Waals surface area (Å²) in [6.45, 7) is 3.00. The molecule has 0 aromatic heterocycles. The van der Waals surface area contributed by atoms with Gasteiger partial charge < -0.3 is 15.2 Å². The lowest BCUT2D eigenvalue weighted by Crippen LogP contribution is -2.26. The number of rotatable bonds is 5. The molecule has 0 fully saturated rings. The molecule has 0 radical (unpaired) electrons. The second-order valence-corrected chi connectivity index (χ2v) is 5.94. The first kappa shape index (κ1) is 16.1. The fourth-order valence-corrected chi connectivity index (χ4v) is 2.86. The van der Waals surface area contributed by atoms with E-state index < -0.39 is 5.97 Å². The molecule has 2 N–H and O–H groups in total. The predicted molar refractivity (Wildman–Crippen MR) is 89.8 cm³/mol. The van der Waals surface area contributed by atoms with Crippen LogP contribution in [0.1, 0.15) is 37.4 Å². The van der Waals surface area contributed by atoms with E-state index in [-0.39, 0.29) is 11.5 Å². The molecule has 2 aromatic rings. The first-order valence-electron chi connectivity index (χ1n) is 7.91. The zero-order valence-electron chi connectivity index (χ0n) is 13.5. The molecule has 1 aliphatic rings. The molecule has 24 heavy (non-hydrogen) atoms. The Hall–Kier alpha value is -2.82. The summed E-state index contributed by atoms with van der Waals surface area (Å²) in [5, 5.41) is 11.9. The molecule has 0 aliphatic carbocycles. The Labute approximate surface area is 140 Å².